The number of fused-ring (bicyclic) bond motifs is 5. The number of aromatic nitrogens is 1. The van der Waals surface area contributed by atoms with Crippen molar-refractivity contribution >= 4 is 38.9 Å². The highest BCUT2D eigenvalue weighted by molar-refractivity contribution is 7.92. The van der Waals surface area contributed by atoms with Gasteiger partial charge < -0.3 is 29.7 Å². The van der Waals surface area contributed by atoms with Gasteiger partial charge in [0.05, 0.1) is 60.6 Å². The molecule has 0 spiro atoms. The van der Waals surface area contributed by atoms with Gasteiger partial charge in [0, 0.05) is 26.2 Å². The predicted octanol–water partition coefficient (Wildman–Crippen LogP) is 2.45. The number of hydrogen-bond acceptors (Lipinski definition) is 9. The minimum atomic E-state index is -4.52. The molecule has 5 heterocycles. The van der Waals surface area contributed by atoms with Crippen molar-refractivity contribution < 1.29 is 41.0 Å². The van der Waals surface area contributed by atoms with Gasteiger partial charge in [0.2, 0.25) is 10.0 Å². The predicted molar refractivity (Wildman–Crippen MR) is 146 cm³/mol. The lowest BCUT2D eigenvalue weighted by molar-refractivity contribution is -0.249. The number of morpholine rings is 1. The summed E-state index contributed by atoms with van der Waals surface area (Å²) in [6, 6.07) is 9.38. The number of aliphatic hydroxyl groups is 1. The summed E-state index contributed by atoms with van der Waals surface area (Å²) >= 11 is 0. The van der Waals surface area contributed by atoms with Gasteiger partial charge in [-0.15, -0.1) is 0 Å². The lowest BCUT2D eigenvalue weighted by Crippen LogP contribution is -2.51. The van der Waals surface area contributed by atoms with Crippen LogP contribution in [0.15, 0.2) is 36.4 Å². The van der Waals surface area contributed by atoms with E-state index in [2.05, 4.69) is 15.0 Å². The van der Waals surface area contributed by atoms with Gasteiger partial charge in [0.15, 0.2) is 0 Å². The molecule has 6 rings (SSSR count). The molecule has 2 aromatic rings. The van der Waals surface area contributed by atoms with E-state index in [1.54, 1.807) is 23.1 Å². The van der Waals surface area contributed by atoms with E-state index in [1.807, 2.05) is 4.90 Å². The van der Waals surface area contributed by atoms with Crippen molar-refractivity contribution in [1.29, 1.82) is 0 Å². The molecule has 41 heavy (non-hydrogen) atoms. The second kappa shape index (κ2) is 11.6. The monoisotopic (exact) mass is 599 g/mol. The largest absolute Gasteiger partial charge is 0.396 e. The van der Waals surface area contributed by atoms with Crippen LogP contribution in [0.2, 0.25) is 0 Å². The summed E-state index contributed by atoms with van der Waals surface area (Å²) in [4.78, 5) is 21.6. The third kappa shape index (κ3) is 6.52. The third-order valence-electron chi connectivity index (χ3n) is 7.66. The number of sulfonamides is 1. The summed E-state index contributed by atoms with van der Waals surface area (Å²) in [5.41, 5.74) is -1.54. The first-order valence-electron chi connectivity index (χ1n) is 13.3. The molecule has 1 unspecified atom stereocenters. The SMILES string of the molecule is O=C1Nc2cccc(n2)N2CCOC(COCC3(C(F)(F)F)CCN(CC3)c3cc(NS(=O)(=O)CCO)ccc31)C2. The topological polar surface area (TPSA) is 133 Å². The summed E-state index contributed by atoms with van der Waals surface area (Å²) in [5.74, 6) is -0.225. The number of nitrogens with one attached hydrogen (secondary N) is 2. The molecule has 4 aliphatic heterocycles. The number of benzene rings is 1. The van der Waals surface area contributed by atoms with Crippen LogP contribution in [0, 0.1) is 5.41 Å². The Kier molecular flexibility index (Phi) is 8.32. The standard InChI is InChI=1S/C26H32F3N5O6S/c27-26(28,29)25-6-8-33(9-7-25)21-14-18(32-41(37,38)13-11-35)4-5-20(21)24(36)31-22-2-1-3-23(30-22)34-10-12-40-19(15-34)16-39-17-25/h1-5,14,19,32,35H,6-13,15-17H2,(H,30,31,36). The fourth-order valence-electron chi connectivity index (χ4n) is 5.35. The van der Waals surface area contributed by atoms with Gasteiger partial charge in [0.1, 0.15) is 11.6 Å². The second-order valence-electron chi connectivity index (χ2n) is 10.4. The minimum Gasteiger partial charge on any atom is -0.395 e. The number of halogens is 3. The van der Waals surface area contributed by atoms with E-state index >= 15 is 0 Å². The first kappa shape index (κ1) is 29.4. The van der Waals surface area contributed by atoms with Gasteiger partial charge in [-0.1, -0.05) is 6.07 Å². The average Bonchev–Trinajstić information content (AvgIpc) is 2.92. The number of anilines is 4. The number of piperidine rings is 1. The first-order valence-corrected chi connectivity index (χ1v) is 14.9. The lowest BCUT2D eigenvalue weighted by Gasteiger charge is -2.44. The van der Waals surface area contributed by atoms with E-state index in [9.17, 15) is 26.4 Å². The highest BCUT2D eigenvalue weighted by Gasteiger charge is 2.56. The van der Waals surface area contributed by atoms with Crippen molar-refractivity contribution in [2.75, 3.05) is 78.2 Å². The summed E-state index contributed by atoms with van der Waals surface area (Å²) in [6.07, 6.45) is -5.52. The van der Waals surface area contributed by atoms with Crippen LogP contribution >= 0.6 is 0 Å². The molecule has 11 nitrogen and oxygen atoms in total. The van der Waals surface area contributed by atoms with Crippen molar-refractivity contribution in [2.45, 2.75) is 25.1 Å². The van der Waals surface area contributed by atoms with E-state index in [0.29, 0.717) is 25.5 Å². The molecule has 224 valence electrons. The maximum absolute atomic E-state index is 14.4. The van der Waals surface area contributed by atoms with E-state index < -0.39 is 52.6 Å². The summed E-state index contributed by atoms with van der Waals surface area (Å²) in [7, 11) is -3.88. The van der Waals surface area contributed by atoms with Gasteiger partial charge in [-0.3, -0.25) is 9.52 Å². The van der Waals surface area contributed by atoms with Crippen molar-refractivity contribution in [3.05, 3.63) is 42.0 Å². The van der Waals surface area contributed by atoms with E-state index in [4.69, 9.17) is 14.6 Å². The molecule has 1 atom stereocenters. The number of carbonyl (C=O) groups is 1. The third-order valence-corrected chi connectivity index (χ3v) is 8.93. The number of nitrogens with zero attached hydrogens (tertiary/aromatic N) is 3. The number of amides is 1. The first-order chi connectivity index (χ1) is 19.5. The molecule has 4 aliphatic rings. The van der Waals surface area contributed by atoms with Crippen LogP contribution in [0.5, 0.6) is 0 Å². The van der Waals surface area contributed by atoms with Crippen LogP contribution in [0.3, 0.4) is 0 Å². The zero-order chi connectivity index (χ0) is 29.3. The van der Waals surface area contributed by atoms with Crippen LogP contribution in [-0.2, 0) is 19.5 Å². The minimum absolute atomic E-state index is 0.00531. The molecule has 1 aromatic heterocycles. The van der Waals surface area contributed by atoms with Crippen molar-refractivity contribution in [1.82, 2.24) is 4.98 Å². The molecular formula is C26H32F3N5O6S. The van der Waals surface area contributed by atoms with Crippen LogP contribution in [0.1, 0.15) is 23.2 Å². The highest BCUT2D eigenvalue weighted by atomic mass is 32.2. The van der Waals surface area contributed by atoms with E-state index in [1.165, 1.54) is 18.2 Å². The highest BCUT2D eigenvalue weighted by Crippen LogP contribution is 2.47. The number of carbonyl (C=O) groups excluding carboxylic acids is 1. The van der Waals surface area contributed by atoms with Crippen LogP contribution in [0.4, 0.5) is 36.2 Å². The zero-order valence-electron chi connectivity index (χ0n) is 22.2. The van der Waals surface area contributed by atoms with Gasteiger partial charge in [-0.2, -0.15) is 13.2 Å². The quantitative estimate of drug-likeness (QED) is 0.485. The Hall–Kier alpha value is -3.14. The number of alkyl halides is 3. The molecule has 1 amide bonds. The summed E-state index contributed by atoms with van der Waals surface area (Å²) in [5, 5.41) is 11.8. The van der Waals surface area contributed by atoms with Gasteiger partial charge in [-0.25, -0.2) is 13.4 Å². The second-order valence-corrected chi connectivity index (χ2v) is 12.3. The summed E-state index contributed by atoms with van der Waals surface area (Å²) < 4.78 is 81.5. The Bertz CT molecular complexity index is 1370. The number of pyridine rings is 1. The smallest absolute Gasteiger partial charge is 0.395 e. The zero-order valence-corrected chi connectivity index (χ0v) is 23.0. The van der Waals surface area contributed by atoms with Crippen LogP contribution in [0.25, 0.3) is 0 Å². The van der Waals surface area contributed by atoms with E-state index in [-0.39, 0.29) is 55.3 Å². The number of ether oxygens (including phenoxy) is 2. The fourth-order valence-corrected chi connectivity index (χ4v) is 6.18. The van der Waals surface area contributed by atoms with Gasteiger partial charge in [-0.05, 0) is 43.2 Å². The lowest BCUT2D eigenvalue weighted by atomic mass is 9.78. The Labute approximate surface area is 235 Å². The van der Waals surface area contributed by atoms with Crippen molar-refractivity contribution in [2.24, 2.45) is 5.41 Å². The Morgan fingerprint density at radius 2 is 1.93 bits per heavy atom. The fraction of sp³-hybridized carbons (Fsp3) is 0.538. The Morgan fingerprint density at radius 3 is 2.66 bits per heavy atom. The molecule has 6 bridgehead atoms. The number of aliphatic hydroxyl groups excluding tert-OH is 1. The molecular weight excluding hydrogens is 567 g/mol. The van der Waals surface area contributed by atoms with Gasteiger partial charge in [0.25, 0.3) is 5.91 Å². The van der Waals surface area contributed by atoms with Gasteiger partial charge >= 0.3 is 6.18 Å². The van der Waals surface area contributed by atoms with Crippen molar-refractivity contribution in [3.63, 3.8) is 0 Å². The Morgan fingerprint density at radius 1 is 1.15 bits per heavy atom. The number of rotatable bonds is 4. The molecule has 0 saturated carbocycles. The number of hydrogen-bond donors (Lipinski definition) is 3. The Balaban J connectivity index is 1.53. The van der Waals surface area contributed by atoms with E-state index in [0.717, 1.165) is 0 Å². The molecule has 0 aliphatic carbocycles. The molecule has 1 aromatic carbocycles. The molecule has 15 heteroatoms. The molecule has 2 saturated heterocycles. The van der Waals surface area contributed by atoms with Crippen molar-refractivity contribution in [3.8, 4) is 0 Å². The summed E-state index contributed by atoms with van der Waals surface area (Å²) in [6.45, 7) is 0.0289. The molecule has 2 fully saturated rings. The van der Waals surface area contributed by atoms with Crippen LogP contribution < -0.4 is 19.8 Å². The maximum Gasteiger partial charge on any atom is 0.396 e. The molecule has 3 N–H and O–H groups in total. The molecule has 0 radical (unpaired) electrons. The normalized spacial score (nSPS) is 23.9. The maximum atomic E-state index is 14.4. The van der Waals surface area contributed by atoms with Crippen LogP contribution in [-0.4, -0.2) is 95.1 Å². The average molecular weight is 600 g/mol.